The molecule has 0 spiro atoms. The van der Waals surface area contributed by atoms with Crippen molar-refractivity contribution in [3.63, 3.8) is 0 Å². The highest BCUT2D eigenvalue weighted by Crippen LogP contribution is 2.22. The maximum atomic E-state index is 11.9. The molecule has 0 atom stereocenters. The largest absolute Gasteiger partial charge is 0.459 e. The lowest BCUT2D eigenvalue weighted by atomic mass is 10.1. The molecule has 0 aliphatic carbocycles. The summed E-state index contributed by atoms with van der Waals surface area (Å²) in [7, 11) is 0. The molecule has 0 radical (unpaired) electrons. The van der Waals surface area contributed by atoms with Crippen LogP contribution in [0.3, 0.4) is 0 Å². The van der Waals surface area contributed by atoms with Gasteiger partial charge in [-0.05, 0) is 23.6 Å². The van der Waals surface area contributed by atoms with E-state index in [-0.39, 0.29) is 5.76 Å². The van der Waals surface area contributed by atoms with Crippen LogP contribution in [-0.4, -0.2) is 11.9 Å². The fourth-order valence-corrected chi connectivity index (χ4v) is 2.06. The molecule has 0 aliphatic heterocycles. The van der Waals surface area contributed by atoms with E-state index in [9.17, 15) is 9.59 Å². The lowest BCUT2D eigenvalue weighted by Crippen LogP contribution is -2.34. The van der Waals surface area contributed by atoms with E-state index in [1.807, 2.05) is 36.4 Å². The van der Waals surface area contributed by atoms with Crippen LogP contribution in [-0.2, 0) is 0 Å². The summed E-state index contributed by atoms with van der Waals surface area (Å²) in [4.78, 5) is 23.6. The van der Waals surface area contributed by atoms with Crippen LogP contribution in [0.1, 0.15) is 10.6 Å². The minimum absolute atomic E-state index is 0.0862. The van der Waals surface area contributed by atoms with E-state index >= 15 is 0 Å². The van der Waals surface area contributed by atoms with Gasteiger partial charge in [-0.1, -0.05) is 36.4 Å². The van der Waals surface area contributed by atoms with Crippen molar-refractivity contribution in [3.05, 3.63) is 66.6 Å². The van der Waals surface area contributed by atoms with E-state index in [1.165, 1.54) is 12.3 Å². The molecule has 5 heteroatoms. The first-order chi connectivity index (χ1) is 10.2. The molecule has 0 fully saturated rings. The molecule has 5 nitrogen and oxygen atoms in total. The second-order valence-corrected chi connectivity index (χ2v) is 4.41. The molecular weight excluding hydrogens is 268 g/mol. The SMILES string of the molecule is O=C(NC(=O)c1ccco1)Nc1cccc2ccccc12. The predicted octanol–water partition coefficient (Wildman–Crippen LogP) is 3.39. The van der Waals surface area contributed by atoms with Gasteiger partial charge in [0.1, 0.15) is 0 Å². The van der Waals surface area contributed by atoms with E-state index in [1.54, 1.807) is 12.1 Å². The first kappa shape index (κ1) is 12.9. The van der Waals surface area contributed by atoms with Gasteiger partial charge >= 0.3 is 6.03 Å². The number of carbonyl (C=O) groups excluding carboxylic acids is 2. The summed E-state index contributed by atoms with van der Waals surface area (Å²) in [6, 6.07) is 15.7. The number of hydrogen-bond acceptors (Lipinski definition) is 3. The number of hydrogen-bond donors (Lipinski definition) is 2. The van der Waals surface area contributed by atoms with Gasteiger partial charge in [0.25, 0.3) is 5.91 Å². The smallest absolute Gasteiger partial charge is 0.326 e. The lowest BCUT2D eigenvalue weighted by molar-refractivity contribution is 0.0940. The van der Waals surface area contributed by atoms with E-state index in [0.717, 1.165) is 10.8 Å². The van der Waals surface area contributed by atoms with Crippen molar-refractivity contribution in [2.75, 3.05) is 5.32 Å². The van der Waals surface area contributed by atoms with Crippen molar-refractivity contribution < 1.29 is 14.0 Å². The summed E-state index contributed by atoms with van der Waals surface area (Å²) in [5.41, 5.74) is 0.637. The molecule has 0 unspecified atom stereocenters. The molecule has 0 aliphatic rings. The molecule has 0 saturated heterocycles. The number of nitrogens with one attached hydrogen (secondary N) is 2. The Morgan fingerprint density at radius 2 is 1.71 bits per heavy atom. The highest BCUT2D eigenvalue weighted by atomic mass is 16.3. The molecule has 1 heterocycles. The third-order valence-corrected chi connectivity index (χ3v) is 3.01. The van der Waals surface area contributed by atoms with Gasteiger partial charge in [-0.2, -0.15) is 0 Å². The van der Waals surface area contributed by atoms with E-state index < -0.39 is 11.9 Å². The highest BCUT2D eigenvalue weighted by molar-refractivity contribution is 6.09. The second-order valence-electron chi connectivity index (χ2n) is 4.41. The Kier molecular flexibility index (Phi) is 3.39. The molecule has 3 aromatic rings. The van der Waals surface area contributed by atoms with Crippen molar-refractivity contribution in [1.29, 1.82) is 0 Å². The molecule has 104 valence electrons. The summed E-state index contributed by atoms with van der Waals surface area (Å²) in [5, 5.41) is 6.79. The Morgan fingerprint density at radius 3 is 2.52 bits per heavy atom. The number of imide groups is 1. The fraction of sp³-hybridized carbons (Fsp3) is 0. The molecule has 1 aromatic heterocycles. The summed E-state index contributed by atoms with van der Waals surface area (Å²) in [5.74, 6) is -0.499. The Hall–Kier alpha value is -3.08. The summed E-state index contributed by atoms with van der Waals surface area (Å²) in [6.07, 6.45) is 1.37. The van der Waals surface area contributed by atoms with Crippen LogP contribution in [0.15, 0.2) is 65.3 Å². The van der Waals surface area contributed by atoms with Gasteiger partial charge in [0.05, 0.1) is 12.0 Å². The zero-order valence-corrected chi connectivity index (χ0v) is 11.0. The first-order valence-electron chi connectivity index (χ1n) is 6.37. The van der Waals surface area contributed by atoms with Crippen LogP contribution >= 0.6 is 0 Å². The number of furan rings is 1. The summed E-state index contributed by atoms with van der Waals surface area (Å²) >= 11 is 0. The van der Waals surface area contributed by atoms with E-state index in [4.69, 9.17) is 4.42 Å². The maximum Gasteiger partial charge on any atom is 0.326 e. The van der Waals surface area contributed by atoms with Gasteiger partial charge in [-0.25, -0.2) is 4.79 Å². The zero-order chi connectivity index (χ0) is 14.7. The number of benzene rings is 2. The van der Waals surface area contributed by atoms with Crippen LogP contribution in [0.5, 0.6) is 0 Å². The van der Waals surface area contributed by atoms with Crippen molar-refractivity contribution in [2.24, 2.45) is 0 Å². The topological polar surface area (TPSA) is 71.3 Å². The quantitative estimate of drug-likeness (QED) is 0.755. The average molecular weight is 280 g/mol. The second kappa shape index (κ2) is 5.50. The van der Waals surface area contributed by atoms with Crippen LogP contribution in [0.2, 0.25) is 0 Å². The Bertz CT molecular complexity index is 789. The molecule has 2 aromatic carbocycles. The first-order valence-corrected chi connectivity index (χ1v) is 6.37. The van der Waals surface area contributed by atoms with Gasteiger partial charge in [0.2, 0.25) is 0 Å². The minimum Gasteiger partial charge on any atom is -0.459 e. The minimum atomic E-state index is -0.604. The van der Waals surface area contributed by atoms with E-state index in [0.29, 0.717) is 5.69 Å². The van der Waals surface area contributed by atoms with Gasteiger partial charge in [0, 0.05) is 5.39 Å². The van der Waals surface area contributed by atoms with Gasteiger partial charge < -0.3 is 9.73 Å². The standard InChI is InChI=1S/C16H12N2O3/c19-15(14-9-4-10-21-14)18-16(20)17-13-8-3-6-11-5-1-2-7-12(11)13/h1-10H,(H2,17,18,19,20). The van der Waals surface area contributed by atoms with Crippen molar-refractivity contribution >= 4 is 28.4 Å². The molecule has 0 bridgehead atoms. The Balaban J connectivity index is 1.76. The number of amides is 3. The normalized spacial score (nSPS) is 10.3. The predicted molar refractivity (Wildman–Crippen MR) is 79.1 cm³/mol. The van der Waals surface area contributed by atoms with Crippen LogP contribution in [0.4, 0.5) is 10.5 Å². The lowest BCUT2D eigenvalue weighted by Gasteiger charge is -2.08. The number of fused-ring (bicyclic) bond motifs is 1. The fourth-order valence-electron chi connectivity index (χ4n) is 2.06. The monoisotopic (exact) mass is 280 g/mol. The van der Waals surface area contributed by atoms with Crippen LogP contribution in [0, 0.1) is 0 Å². The van der Waals surface area contributed by atoms with Crippen LogP contribution < -0.4 is 10.6 Å². The van der Waals surface area contributed by atoms with Gasteiger partial charge in [-0.15, -0.1) is 0 Å². The number of urea groups is 1. The Morgan fingerprint density at radius 1 is 0.905 bits per heavy atom. The van der Waals surface area contributed by atoms with Crippen molar-refractivity contribution in [1.82, 2.24) is 5.32 Å². The number of rotatable bonds is 2. The number of anilines is 1. The number of carbonyl (C=O) groups is 2. The molecule has 3 rings (SSSR count). The third-order valence-electron chi connectivity index (χ3n) is 3.01. The molecule has 3 amide bonds. The molecular formula is C16H12N2O3. The molecule has 0 saturated carbocycles. The maximum absolute atomic E-state index is 11.9. The Labute approximate surface area is 120 Å². The van der Waals surface area contributed by atoms with Crippen molar-refractivity contribution in [2.45, 2.75) is 0 Å². The molecule has 2 N–H and O–H groups in total. The van der Waals surface area contributed by atoms with E-state index in [2.05, 4.69) is 10.6 Å². The summed E-state index contributed by atoms with van der Waals surface area (Å²) < 4.78 is 4.92. The zero-order valence-electron chi connectivity index (χ0n) is 11.0. The highest BCUT2D eigenvalue weighted by Gasteiger charge is 2.13. The van der Waals surface area contributed by atoms with Crippen molar-refractivity contribution in [3.8, 4) is 0 Å². The summed E-state index contributed by atoms with van der Waals surface area (Å²) in [6.45, 7) is 0. The van der Waals surface area contributed by atoms with Crippen LogP contribution in [0.25, 0.3) is 10.8 Å². The van der Waals surface area contributed by atoms with Gasteiger partial charge in [0.15, 0.2) is 5.76 Å². The van der Waals surface area contributed by atoms with Gasteiger partial charge in [-0.3, -0.25) is 10.1 Å². The third kappa shape index (κ3) is 2.76. The molecule has 21 heavy (non-hydrogen) atoms. The average Bonchev–Trinajstić information content (AvgIpc) is 3.02.